The third-order valence-electron chi connectivity index (χ3n) is 4.25. The molecule has 1 aromatic carbocycles. The lowest BCUT2D eigenvalue weighted by atomic mass is 10.1. The van der Waals surface area contributed by atoms with Crippen LogP contribution in [0.4, 0.5) is 0 Å². The summed E-state index contributed by atoms with van der Waals surface area (Å²) in [7, 11) is 0. The molecule has 132 valence electrons. The highest BCUT2D eigenvalue weighted by molar-refractivity contribution is 5.80. The van der Waals surface area contributed by atoms with E-state index >= 15 is 0 Å². The topological polar surface area (TPSA) is 78.9 Å². The smallest absolute Gasteiger partial charge is 0.320 e. The molecule has 2 N–H and O–H groups in total. The van der Waals surface area contributed by atoms with E-state index in [9.17, 15) is 14.7 Å². The summed E-state index contributed by atoms with van der Waals surface area (Å²) in [6.45, 7) is 5.27. The number of benzene rings is 1. The Morgan fingerprint density at radius 1 is 1.33 bits per heavy atom. The molecule has 0 saturated heterocycles. The Morgan fingerprint density at radius 2 is 2.00 bits per heavy atom. The Kier molecular flexibility index (Phi) is 6.75. The molecule has 1 aliphatic carbocycles. The number of carbonyl (C=O) groups is 2. The van der Waals surface area contributed by atoms with Gasteiger partial charge in [0.25, 0.3) is 0 Å². The van der Waals surface area contributed by atoms with Gasteiger partial charge in [-0.1, -0.05) is 24.3 Å². The predicted octanol–water partition coefficient (Wildman–Crippen LogP) is 1.78. The Hall–Kier alpha value is -1.92. The number of ether oxygens (including phenoxy) is 1. The van der Waals surface area contributed by atoms with Crippen molar-refractivity contribution in [2.24, 2.45) is 0 Å². The minimum absolute atomic E-state index is 0.117. The SMILES string of the molecule is CCOCc1ccccc1CNC(=O)CN(C1CC1)C(C)C(=O)O. The summed E-state index contributed by atoms with van der Waals surface area (Å²) in [5.41, 5.74) is 2.07. The number of nitrogens with zero attached hydrogens (tertiary/aromatic N) is 1. The molecule has 2 rings (SSSR count). The Labute approximate surface area is 142 Å². The van der Waals surface area contributed by atoms with E-state index in [2.05, 4.69) is 5.32 Å². The van der Waals surface area contributed by atoms with Crippen molar-refractivity contribution in [2.75, 3.05) is 13.2 Å². The monoisotopic (exact) mass is 334 g/mol. The van der Waals surface area contributed by atoms with Crippen LogP contribution in [-0.2, 0) is 27.5 Å². The highest BCUT2D eigenvalue weighted by atomic mass is 16.5. The average molecular weight is 334 g/mol. The van der Waals surface area contributed by atoms with E-state index in [0.29, 0.717) is 19.8 Å². The van der Waals surface area contributed by atoms with Gasteiger partial charge < -0.3 is 15.2 Å². The first-order valence-electron chi connectivity index (χ1n) is 8.42. The van der Waals surface area contributed by atoms with Gasteiger partial charge in [-0.3, -0.25) is 14.5 Å². The van der Waals surface area contributed by atoms with Gasteiger partial charge in [-0.2, -0.15) is 0 Å². The maximum Gasteiger partial charge on any atom is 0.320 e. The second-order valence-corrected chi connectivity index (χ2v) is 6.10. The summed E-state index contributed by atoms with van der Waals surface area (Å²) in [5.74, 6) is -1.04. The molecule has 1 atom stereocenters. The molecule has 0 spiro atoms. The molecule has 6 heteroatoms. The van der Waals surface area contributed by atoms with Crippen molar-refractivity contribution >= 4 is 11.9 Å². The van der Waals surface area contributed by atoms with Gasteiger partial charge in [-0.05, 0) is 37.8 Å². The van der Waals surface area contributed by atoms with Gasteiger partial charge in [-0.15, -0.1) is 0 Å². The van der Waals surface area contributed by atoms with Gasteiger partial charge >= 0.3 is 5.97 Å². The van der Waals surface area contributed by atoms with Crippen LogP contribution >= 0.6 is 0 Å². The van der Waals surface area contributed by atoms with Crippen molar-refractivity contribution in [1.29, 1.82) is 0 Å². The molecule has 6 nitrogen and oxygen atoms in total. The third-order valence-corrected chi connectivity index (χ3v) is 4.25. The Bertz CT molecular complexity index is 572. The highest BCUT2D eigenvalue weighted by Crippen LogP contribution is 2.28. The fourth-order valence-corrected chi connectivity index (χ4v) is 2.63. The second-order valence-electron chi connectivity index (χ2n) is 6.10. The number of nitrogens with one attached hydrogen (secondary N) is 1. The minimum Gasteiger partial charge on any atom is -0.480 e. The lowest BCUT2D eigenvalue weighted by Gasteiger charge is -2.25. The molecule has 1 fully saturated rings. The van der Waals surface area contributed by atoms with E-state index in [4.69, 9.17) is 4.74 Å². The number of carboxylic acid groups (broad SMARTS) is 1. The normalized spacial score (nSPS) is 15.3. The van der Waals surface area contributed by atoms with Gasteiger partial charge in [0.1, 0.15) is 6.04 Å². The van der Waals surface area contributed by atoms with Crippen LogP contribution in [0, 0.1) is 0 Å². The molecule has 0 radical (unpaired) electrons. The maximum absolute atomic E-state index is 12.2. The van der Waals surface area contributed by atoms with E-state index < -0.39 is 12.0 Å². The van der Waals surface area contributed by atoms with Gasteiger partial charge in [0.15, 0.2) is 0 Å². The number of rotatable bonds is 10. The van der Waals surface area contributed by atoms with Crippen LogP contribution in [0.5, 0.6) is 0 Å². The molecule has 1 saturated carbocycles. The molecule has 0 bridgehead atoms. The molecule has 1 amide bonds. The van der Waals surface area contributed by atoms with Crippen LogP contribution < -0.4 is 5.32 Å². The van der Waals surface area contributed by atoms with E-state index in [1.54, 1.807) is 11.8 Å². The zero-order valence-corrected chi connectivity index (χ0v) is 14.3. The molecule has 1 aromatic rings. The summed E-state index contributed by atoms with van der Waals surface area (Å²) >= 11 is 0. The first-order valence-corrected chi connectivity index (χ1v) is 8.42. The van der Waals surface area contributed by atoms with Crippen LogP contribution in [0.3, 0.4) is 0 Å². The van der Waals surface area contributed by atoms with Crippen molar-refractivity contribution in [3.8, 4) is 0 Å². The number of hydrogen-bond donors (Lipinski definition) is 2. The molecular formula is C18H26N2O4. The number of carbonyl (C=O) groups excluding carboxylic acids is 1. The maximum atomic E-state index is 12.2. The van der Waals surface area contributed by atoms with E-state index in [0.717, 1.165) is 24.0 Å². The summed E-state index contributed by atoms with van der Waals surface area (Å²) in [6, 6.07) is 7.40. The number of amides is 1. The van der Waals surface area contributed by atoms with Crippen molar-refractivity contribution in [3.63, 3.8) is 0 Å². The lowest BCUT2D eigenvalue weighted by molar-refractivity contribution is -0.143. The summed E-state index contributed by atoms with van der Waals surface area (Å²) < 4.78 is 5.44. The van der Waals surface area contributed by atoms with Crippen molar-refractivity contribution in [3.05, 3.63) is 35.4 Å². The molecular weight excluding hydrogens is 308 g/mol. The van der Waals surface area contributed by atoms with Gasteiger partial charge in [0.05, 0.1) is 13.2 Å². The quantitative estimate of drug-likeness (QED) is 0.682. The second kappa shape index (κ2) is 8.80. The predicted molar refractivity (Wildman–Crippen MR) is 90.4 cm³/mol. The summed E-state index contributed by atoms with van der Waals surface area (Å²) in [6.07, 6.45) is 1.92. The van der Waals surface area contributed by atoms with Crippen LogP contribution in [0.15, 0.2) is 24.3 Å². The Balaban J connectivity index is 1.89. The highest BCUT2D eigenvalue weighted by Gasteiger charge is 2.36. The fourth-order valence-electron chi connectivity index (χ4n) is 2.63. The average Bonchev–Trinajstić information content (AvgIpc) is 3.40. The van der Waals surface area contributed by atoms with E-state index in [-0.39, 0.29) is 18.5 Å². The van der Waals surface area contributed by atoms with Gasteiger partial charge in [0, 0.05) is 19.2 Å². The number of hydrogen-bond acceptors (Lipinski definition) is 4. The first-order chi connectivity index (χ1) is 11.5. The van der Waals surface area contributed by atoms with Crippen LogP contribution in [0.1, 0.15) is 37.8 Å². The van der Waals surface area contributed by atoms with Crippen molar-refractivity contribution in [1.82, 2.24) is 10.2 Å². The third kappa shape index (κ3) is 5.32. The molecule has 0 aromatic heterocycles. The molecule has 1 unspecified atom stereocenters. The molecule has 0 aliphatic heterocycles. The van der Waals surface area contributed by atoms with E-state index in [1.807, 2.05) is 31.2 Å². The molecule has 24 heavy (non-hydrogen) atoms. The Morgan fingerprint density at radius 3 is 2.58 bits per heavy atom. The fraction of sp³-hybridized carbons (Fsp3) is 0.556. The van der Waals surface area contributed by atoms with Crippen molar-refractivity contribution in [2.45, 2.75) is 51.9 Å². The van der Waals surface area contributed by atoms with Gasteiger partial charge in [-0.25, -0.2) is 0 Å². The zero-order chi connectivity index (χ0) is 17.5. The van der Waals surface area contributed by atoms with Crippen molar-refractivity contribution < 1.29 is 19.4 Å². The molecule has 0 heterocycles. The zero-order valence-electron chi connectivity index (χ0n) is 14.3. The largest absolute Gasteiger partial charge is 0.480 e. The number of carboxylic acids is 1. The van der Waals surface area contributed by atoms with E-state index in [1.165, 1.54) is 0 Å². The van der Waals surface area contributed by atoms with Gasteiger partial charge in [0.2, 0.25) is 5.91 Å². The van der Waals surface area contributed by atoms with Crippen LogP contribution in [-0.4, -0.2) is 47.1 Å². The minimum atomic E-state index is -0.892. The standard InChI is InChI=1S/C18H26N2O4/c1-3-24-12-15-7-5-4-6-14(15)10-19-17(21)11-20(16-8-9-16)13(2)18(22)23/h4-7,13,16H,3,8-12H2,1-2H3,(H,19,21)(H,22,23). The number of aliphatic carboxylic acids is 1. The first kappa shape index (κ1) is 18.4. The lowest BCUT2D eigenvalue weighted by Crippen LogP contribution is -2.46. The van der Waals surface area contributed by atoms with Crippen LogP contribution in [0.25, 0.3) is 0 Å². The summed E-state index contributed by atoms with van der Waals surface area (Å²) in [4.78, 5) is 25.2. The summed E-state index contributed by atoms with van der Waals surface area (Å²) in [5, 5.41) is 12.1. The molecule has 1 aliphatic rings. The van der Waals surface area contributed by atoms with Crippen LogP contribution in [0.2, 0.25) is 0 Å².